The molecule has 1 atom stereocenters. The van der Waals surface area contributed by atoms with Crippen molar-refractivity contribution in [2.24, 2.45) is 0 Å². The van der Waals surface area contributed by atoms with Crippen LogP contribution >= 0.6 is 11.8 Å². The molecule has 0 saturated carbocycles. The molecule has 0 N–H and O–H groups in total. The molecule has 2 fully saturated rings. The monoisotopic (exact) mass is 438 g/mol. The van der Waals surface area contributed by atoms with Crippen LogP contribution in [0.1, 0.15) is 18.4 Å². The summed E-state index contributed by atoms with van der Waals surface area (Å²) in [7, 11) is 0. The molecule has 0 aliphatic carbocycles. The summed E-state index contributed by atoms with van der Waals surface area (Å²) in [5.41, 5.74) is 1.30. The molecule has 0 aromatic heterocycles. The number of amides is 3. The van der Waals surface area contributed by atoms with E-state index in [4.69, 9.17) is 9.47 Å². The lowest BCUT2D eigenvalue weighted by Gasteiger charge is -2.25. The van der Waals surface area contributed by atoms with Crippen LogP contribution in [0.25, 0.3) is 0 Å². The first-order chi connectivity index (χ1) is 15.0. The Hall–Kier alpha value is -3.26. The predicted molar refractivity (Wildman–Crippen MR) is 118 cm³/mol. The van der Waals surface area contributed by atoms with E-state index in [0.29, 0.717) is 18.0 Å². The van der Waals surface area contributed by atoms with E-state index < -0.39 is 11.1 Å². The van der Waals surface area contributed by atoms with Crippen molar-refractivity contribution < 1.29 is 23.9 Å². The SMILES string of the molecule is C=C1SC(=O)N(c2ccccc2OC[C@H]2CCCN2C(=O)OCc2ccccc2)C1=O. The minimum Gasteiger partial charge on any atom is -0.489 e. The number of anilines is 1. The lowest BCUT2D eigenvalue weighted by Crippen LogP contribution is -2.39. The zero-order chi connectivity index (χ0) is 21.8. The van der Waals surface area contributed by atoms with Crippen molar-refractivity contribution in [3.05, 3.63) is 71.6 Å². The molecule has 2 heterocycles. The summed E-state index contributed by atoms with van der Waals surface area (Å²) in [5.74, 6) is -0.0398. The van der Waals surface area contributed by atoms with Gasteiger partial charge in [0.1, 0.15) is 19.0 Å². The lowest BCUT2D eigenvalue weighted by molar-refractivity contribution is -0.113. The minimum absolute atomic E-state index is 0.148. The topological polar surface area (TPSA) is 76.2 Å². The van der Waals surface area contributed by atoms with Crippen molar-refractivity contribution in [1.82, 2.24) is 4.90 Å². The molecule has 0 bridgehead atoms. The molecule has 2 aliphatic rings. The largest absolute Gasteiger partial charge is 0.489 e. The molecule has 0 spiro atoms. The van der Waals surface area contributed by atoms with Gasteiger partial charge in [0.25, 0.3) is 11.1 Å². The maximum Gasteiger partial charge on any atom is 0.410 e. The molecule has 4 rings (SSSR count). The van der Waals surface area contributed by atoms with Crippen LogP contribution in [0.2, 0.25) is 0 Å². The number of nitrogens with zero attached hydrogens (tertiary/aromatic N) is 2. The van der Waals surface area contributed by atoms with Crippen LogP contribution < -0.4 is 9.64 Å². The molecule has 2 saturated heterocycles. The average Bonchev–Trinajstić information content (AvgIpc) is 3.35. The summed E-state index contributed by atoms with van der Waals surface area (Å²) in [6, 6.07) is 16.2. The van der Waals surface area contributed by atoms with Gasteiger partial charge in [0.2, 0.25) is 0 Å². The number of para-hydroxylation sites is 2. The fraction of sp³-hybridized carbons (Fsp3) is 0.261. The third-order valence-corrected chi connectivity index (χ3v) is 5.97. The Bertz CT molecular complexity index is 1010. The van der Waals surface area contributed by atoms with Gasteiger partial charge >= 0.3 is 6.09 Å². The highest BCUT2D eigenvalue weighted by molar-refractivity contribution is 8.18. The van der Waals surface area contributed by atoms with Crippen LogP contribution in [0, 0.1) is 0 Å². The van der Waals surface area contributed by atoms with Gasteiger partial charge in [-0.05, 0) is 42.3 Å². The molecule has 160 valence electrons. The number of rotatable bonds is 6. The summed E-state index contributed by atoms with van der Waals surface area (Å²) >= 11 is 0.810. The second-order valence-corrected chi connectivity index (χ2v) is 8.29. The van der Waals surface area contributed by atoms with Gasteiger partial charge in [-0.3, -0.25) is 9.59 Å². The Balaban J connectivity index is 1.40. The molecular formula is C23H22N2O5S. The van der Waals surface area contributed by atoms with E-state index in [1.807, 2.05) is 30.3 Å². The van der Waals surface area contributed by atoms with Gasteiger partial charge in [-0.1, -0.05) is 49.0 Å². The number of carbonyl (C=O) groups excluding carboxylic acids is 3. The van der Waals surface area contributed by atoms with Crippen LogP contribution in [0.4, 0.5) is 15.3 Å². The Morgan fingerprint density at radius 2 is 1.84 bits per heavy atom. The summed E-state index contributed by atoms with van der Waals surface area (Å²) in [4.78, 5) is 40.0. The van der Waals surface area contributed by atoms with Crippen molar-refractivity contribution in [2.45, 2.75) is 25.5 Å². The number of hydrogen-bond donors (Lipinski definition) is 0. The summed E-state index contributed by atoms with van der Waals surface area (Å²) in [5, 5.41) is -0.405. The fourth-order valence-corrected chi connectivity index (χ4v) is 4.27. The quantitative estimate of drug-likeness (QED) is 0.615. The maximum absolute atomic E-state index is 12.6. The van der Waals surface area contributed by atoms with Crippen LogP contribution in [0.5, 0.6) is 5.75 Å². The third-order valence-electron chi connectivity index (χ3n) is 5.19. The highest BCUT2D eigenvalue weighted by Gasteiger charge is 2.37. The van der Waals surface area contributed by atoms with Crippen molar-refractivity contribution >= 4 is 34.7 Å². The molecule has 31 heavy (non-hydrogen) atoms. The number of carbonyl (C=O) groups is 3. The Morgan fingerprint density at radius 1 is 1.10 bits per heavy atom. The number of ether oxygens (including phenoxy) is 2. The summed E-state index contributed by atoms with van der Waals surface area (Å²) < 4.78 is 11.4. The number of benzene rings is 2. The Morgan fingerprint density at radius 3 is 2.58 bits per heavy atom. The van der Waals surface area contributed by atoms with Crippen LogP contribution in [-0.4, -0.2) is 41.3 Å². The molecule has 8 heteroatoms. The van der Waals surface area contributed by atoms with Crippen LogP contribution in [0.3, 0.4) is 0 Å². The van der Waals surface area contributed by atoms with E-state index in [-0.39, 0.29) is 30.3 Å². The Kier molecular flexibility index (Phi) is 6.27. The van der Waals surface area contributed by atoms with E-state index >= 15 is 0 Å². The number of hydrogen-bond acceptors (Lipinski definition) is 6. The highest BCUT2D eigenvalue weighted by Crippen LogP contribution is 2.38. The van der Waals surface area contributed by atoms with Gasteiger partial charge < -0.3 is 14.4 Å². The van der Waals surface area contributed by atoms with Gasteiger partial charge in [0.05, 0.1) is 16.6 Å². The van der Waals surface area contributed by atoms with Gasteiger partial charge in [-0.25, -0.2) is 9.69 Å². The van der Waals surface area contributed by atoms with Gasteiger partial charge in [-0.2, -0.15) is 0 Å². The smallest absolute Gasteiger partial charge is 0.410 e. The van der Waals surface area contributed by atoms with E-state index in [1.165, 1.54) is 0 Å². The molecule has 3 amide bonds. The standard InChI is InChI=1S/C23H22N2O5S/c1-16-21(26)25(23(28)31-16)19-11-5-6-12-20(19)29-15-18-10-7-13-24(18)22(27)30-14-17-8-3-2-4-9-17/h2-6,8-9,11-12,18H,1,7,10,13-15H2/t18-/m1/s1. The second kappa shape index (κ2) is 9.26. The number of likely N-dealkylation sites (tertiary alicyclic amines) is 1. The molecule has 2 aliphatic heterocycles. The maximum atomic E-state index is 12.6. The van der Waals surface area contributed by atoms with Crippen molar-refractivity contribution in [1.29, 1.82) is 0 Å². The normalized spacial score (nSPS) is 18.6. The van der Waals surface area contributed by atoms with Gasteiger partial charge in [0.15, 0.2) is 0 Å². The molecule has 2 aromatic carbocycles. The van der Waals surface area contributed by atoms with Crippen LogP contribution in [0.15, 0.2) is 66.1 Å². The zero-order valence-electron chi connectivity index (χ0n) is 16.9. The van der Waals surface area contributed by atoms with Crippen molar-refractivity contribution in [3.63, 3.8) is 0 Å². The van der Waals surface area contributed by atoms with Crippen molar-refractivity contribution in [3.8, 4) is 5.75 Å². The highest BCUT2D eigenvalue weighted by atomic mass is 32.2. The molecule has 0 radical (unpaired) electrons. The molecule has 2 aromatic rings. The molecule has 0 unspecified atom stereocenters. The first-order valence-electron chi connectivity index (χ1n) is 9.99. The summed E-state index contributed by atoms with van der Waals surface area (Å²) in [6.45, 7) is 4.67. The zero-order valence-corrected chi connectivity index (χ0v) is 17.7. The molecular weight excluding hydrogens is 416 g/mol. The van der Waals surface area contributed by atoms with E-state index in [2.05, 4.69) is 6.58 Å². The predicted octanol–water partition coefficient (Wildman–Crippen LogP) is 4.58. The van der Waals surface area contributed by atoms with Crippen molar-refractivity contribution in [2.75, 3.05) is 18.1 Å². The minimum atomic E-state index is -0.446. The van der Waals surface area contributed by atoms with Gasteiger partial charge in [-0.15, -0.1) is 0 Å². The number of imide groups is 1. The van der Waals surface area contributed by atoms with E-state index in [1.54, 1.807) is 29.2 Å². The second-order valence-electron chi connectivity index (χ2n) is 7.24. The Labute approximate surface area is 184 Å². The molecule has 7 nitrogen and oxygen atoms in total. The fourth-order valence-electron chi connectivity index (χ4n) is 3.61. The van der Waals surface area contributed by atoms with Crippen LogP contribution in [-0.2, 0) is 16.1 Å². The first kappa shape index (κ1) is 21.0. The third kappa shape index (κ3) is 4.59. The van der Waals surface area contributed by atoms with E-state index in [0.717, 1.165) is 35.1 Å². The average molecular weight is 439 g/mol. The first-order valence-corrected chi connectivity index (χ1v) is 10.8. The lowest BCUT2D eigenvalue weighted by atomic mass is 10.2. The number of thioether (sulfide) groups is 1. The van der Waals surface area contributed by atoms with Gasteiger partial charge in [0, 0.05) is 6.54 Å². The summed E-state index contributed by atoms with van der Waals surface area (Å²) in [6.07, 6.45) is 1.27. The van der Waals surface area contributed by atoms with E-state index in [9.17, 15) is 14.4 Å².